The summed E-state index contributed by atoms with van der Waals surface area (Å²) in [7, 11) is 0. The van der Waals surface area contributed by atoms with Crippen molar-refractivity contribution in [2.75, 3.05) is 11.4 Å². The van der Waals surface area contributed by atoms with E-state index in [-0.39, 0.29) is 0 Å². The summed E-state index contributed by atoms with van der Waals surface area (Å²) in [4.78, 5) is 16.4. The maximum absolute atomic E-state index is 3.87. The average molecular weight is 939 g/mol. The van der Waals surface area contributed by atoms with Crippen LogP contribution in [0.4, 0.5) is 11.4 Å². The fourth-order valence-electron chi connectivity index (χ4n) is 8.65. The summed E-state index contributed by atoms with van der Waals surface area (Å²) >= 11 is 1.95. The fraction of sp³-hybridized carbons (Fsp3) is 0.215. The molecule has 0 radical (unpaired) electrons. The maximum Gasteiger partial charge on any atom is 0.0632 e. The number of aliphatic imine (C=N–C) groups is 3. The summed E-state index contributed by atoms with van der Waals surface area (Å²) in [6.07, 6.45) is 17.1. The van der Waals surface area contributed by atoms with Crippen molar-refractivity contribution >= 4 is 59.6 Å². The first-order valence-corrected chi connectivity index (χ1v) is 25.5. The maximum atomic E-state index is 3.87. The molecule has 4 nitrogen and oxygen atoms in total. The molecule has 0 spiro atoms. The molecular formula is C65H70N4S. The van der Waals surface area contributed by atoms with Crippen LogP contribution in [0.15, 0.2) is 213 Å². The van der Waals surface area contributed by atoms with Gasteiger partial charge in [-0.1, -0.05) is 189 Å². The van der Waals surface area contributed by atoms with Crippen LogP contribution < -0.4 is 4.90 Å². The van der Waals surface area contributed by atoms with Crippen molar-refractivity contribution in [2.24, 2.45) is 15.0 Å². The number of fused-ring (bicyclic) bond motifs is 2. The van der Waals surface area contributed by atoms with Gasteiger partial charge in [0.1, 0.15) is 0 Å². The Morgan fingerprint density at radius 1 is 0.586 bits per heavy atom. The highest BCUT2D eigenvalue weighted by molar-refractivity contribution is 8.03. The first-order chi connectivity index (χ1) is 34.2. The molecule has 7 aromatic rings. The summed E-state index contributed by atoms with van der Waals surface area (Å²) in [5, 5.41) is 2.60. The van der Waals surface area contributed by atoms with E-state index >= 15 is 0 Å². The average Bonchev–Trinajstić information content (AvgIpc) is 3.40. The zero-order valence-corrected chi connectivity index (χ0v) is 43.1. The number of hydrogen-bond donors (Lipinski definition) is 0. The molecule has 7 aromatic carbocycles. The summed E-state index contributed by atoms with van der Waals surface area (Å²) in [5.41, 5.74) is 18.0. The van der Waals surface area contributed by atoms with E-state index in [1.54, 1.807) is 0 Å². The number of rotatable bonds is 9. The Bertz CT molecular complexity index is 2970. The molecule has 0 aromatic heterocycles. The standard InChI is InChI=1S/C36H29NS.C14H15N.C9H11N.C3H7N.C3H8/c1-24-19-20-26-11-6-7-14-31(26)36(24)30-16-10-15-29(25(30)2)27-21-22-33-35(23-27)38-34-18-9-8-17-32(34)37(33)28-12-4-3-5-13-28;1-15-11-12-7-9-14(10-8-12)13-5-3-2-4-6-13;1-8-4-3-5-9(6-8)7-10-2;1-3-4-2;1-3-2/h3-8,10-17,19-23H,9,18H2,1-2H3;3,5-10H,1-2,4,11H2;3-6H,2,7H2,1H3;2-3H2,1H3;3H2,1-2H3. The highest BCUT2D eigenvalue weighted by Gasteiger charge is 2.27. The molecule has 1 heterocycles. The molecule has 0 atom stereocenters. The number of anilines is 2. The van der Waals surface area contributed by atoms with Crippen LogP contribution in [0.1, 0.15) is 86.3 Å². The minimum absolute atomic E-state index is 0.704. The molecule has 0 N–H and O–H groups in total. The molecule has 3 aliphatic rings. The van der Waals surface area contributed by atoms with Crippen LogP contribution in [-0.4, -0.2) is 26.7 Å². The van der Waals surface area contributed by atoms with E-state index in [0.29, 0.717) is 6.54 Å². The van der Waals surface area contributed by atoms with Gasteiger partial charge in [0.05, 0.1) is 24.5 Å². The van der Waals surface area contributed by atoms with Crippen LogP contribution in [0, 0.1) is 20.8 Å². The minimum Gasteiger partial charge on any atom is -0.309 e. The third kappa shape index (κ3) is 13.8. The molecule has 1 aliphatic heterocycles. The molecule has 0 saturated heterocycles. The van der Waals surface area contributed by atoms with Gasteiger partial charge in [-0.15, -0.1) is 0 Å². The molecule has 0 saturated carbocycles. The summed E-state index contributed by atoms with van der Waals surface area (Å²) < 4.78 is 0. The third-order valence-corrected chi connectivity index (χ3v) is 13.2. The van der Waals surface area contributed by atoms with Gasteiger partial charge >= 0.3 is 0 Å². The lowest BCUT2D eigenvalue weighted by molar-refractivity contribution is 0.969. The predicted molar refractivity (Wildman–Crippen MR) is 311 cm³/mol. The molecule has 10 rings (SSSR count). The lowest BCUT2D eigenvalue weighted by Crippen LogP contribution is -2.21. The van der Waals surface area contributed by atoms with E-state index in [9.17, 15) is 0 Å². The van der Waals surface area contributed by atoms with Gasteiger partial charge in [0.15, 0.2) is 0 Å². The molecule has 0 unspecified atom stereocenters. The lowest BCUT2D eigenvalue weighted by atomic mass is 9.88. The van der Waals surface area contributed by atoms with E-state index in [1.807, 2.05) is 24.8 Å². The Kier molecular flexibility index (Phi) is 20.3. The first kappa shape index (κ1) is 52.3. The second kappa shape index (κ2) is 27.2. The van der Waals surface area contributed by atoms with Gasteiger partial charge < -0.3 is 9.89 Å². The number of para-hydroxylation sites is 1. The quantitative estimate of drug-likeness (QED) is 0.135. The van der Waals surface area contributed by atoms with Crippen LogP contribution in [0.5, 0.6) is 0 Å². The number of thioether (sulfide) groups is 1. The van der Waals surface area contributed by atoms with Gasteiger partial charge in [0.2, 0.25) is 0 Å². The Balaban J connectivity index is 0.000000204. The Morgan fingerprint density at radius 3 is 1.96 bits per heavy atom. The molecule has 0 fully saturated rings. The van der Waals surface area contributed by atoms with Crippen molar-refractivity contribution in [1.29, 1.82) is 0 Å². The summed E-state index contributed by atoms with van der Waals surface area (Å²) in [6, 6.07) is 54.6. The smallest absolute Gasteiger partial charge is 0.0632 e. The van der Waals surface area contributed by atoms with Gasteiger partial charge in [-0.25, -0.2) is 0 Å². The molecule has 0 bridgehead atoms. The second-order valence-corrected chi connectivity index (χ2v) is 18.6. The van der Waals surface area contributed by atoms with Crippen molar-refractivity contribution in [3.05, 3.63) is 226 Å². The van der Waals surface area contributed by atoms with Gasteiger partial charge in [0.25, 0.3) is 0 Å². The summed E-state index contributed by atoms with van der Waals surface area (Å²) in [5.74, 6) is 0. The predicted octanol–water partition coefficient (Wildman–Crippen LogP) is 18.5. The Labute approximate surface area is 423 Å². The van der Waals surface area contributed by atoms with Gasteiger partial charge in [0, 0.05) is 22.0 Å². The van der Waals surface area contributed by atoms with Crippen molar-refractivity contribution in [2.45, 2.75) is 91.6 Å². The van der Waals surface area contributed by atoms with Crippen molar-refractivity contribution in [3.8, 4) is 22.3 Å². The Hall–Kier alpha value is -7.08. The fourth-order valence-corrected chi connectivity index (χ4v) is 9.85. The van der Waals surface area contributed by atoms with E-state index in [4.69, 9.17) is 0 Å². The normalized spacial score (nSPS) is 13.0. The van der Waals surface area contributed by atoms with E-state index < -0.39 is 0 Å². The minimum atomic E-state index is 0.704. The van der Waals surface area contributed by atoms with Gasteiger partial charge in [-0.3, -0.25) is 9.98 Å². The van der Waals surface area contributed by atoms with Crippen LogP contribution in [0.3, 0.4) is 0 Å². The van der Waals surface area contributed by atoms with Crippen LogP contribution >= 0.6 is 11.8 Å². The first-order valence-electron chi connectivity index (χ1n) is 24.7. The van der Waals surface area contributed by atoms with Crippen LogP contribution in [-0.2, 0) is 13.1 Å². The SMILES string of the molecule is C=NCC.C=NCc1ccc(C2=CCCC=C2)cc1.C=NCc1cccc(C)c1.CCC.Cc1ccc2ccccc2c1-c1cccc(-c2ccc3c(c2)SC2=C(C=CCC2)N3c2ccccc2)c1C. The van der Waals surface area contributed by atoms with Gasteiger partial charge in [-0.05, 0) is 170 Å². The van der Waals surface area contributed by atoms with Crippen molar-refractivity contribution in [3.63, 3.8) is 0 Å². The zero-order valence-electron chi connectivity index (χ0n) is 42.3. The number of aryl methyl sites for hydroxylation is 2. The monoisotopic (exact) mass is 939 g/mol. The molecule has 5 heteroatoms. The van der Waals surface area contributed by atoms with E-state index in [0.717, 1.165) is 32.4 Å². The molecule has 2 aliphatic carbocycles. The largest absolute Gasteiger partial charge is 0.309 e. The van der Waals surface area contributed by atoms with Crippen LogP contribution in [0.2, 0.25) is 0 Å². The highest BCUT2D eigenvalue weighted by Crippen LogP contribution is 2.51. The van der Waals surface area contributed by atoms with Crippen molar-refractivity contribution < 1.29 is 0 Å². The third-order valence-electron chi connectivity index (χ3n) is 12.0. The molecule has 70 heavy (non-hydrogen) atoms. The molecule has 356 valence electrons. The van der Waals surface area contributed by atoms with E-state index in [2.05, 4.69) is 251 Å². The number of benzene rings is 7. The number of allylic oxidation sites excluding steroid dienone is 7. The lowest BCUT2D eigenvalue weighted by Gasteiger charge is -2.35. The highest BCUT2D eigenvalue weighted by atomic mass is 32.2. The molecule has 0 amide bonds. The number of hydrogen-bond acceptors (Lipinski definition) is 5. The molecular weight excluding hydrogens is 869 g/mol. The zero-order chi connectivity index (χ0) is 49.7. The Morgan fingerprint density at radius 2 is 1.26 bits per heavy atom. The topological polar surface area (TPSA) is 40.3 Å². The second-order valence-electron chi connectivity index (χ2n) is 17.5. The number of nitrogens with zero attached hydrogens (tertiary/aromatic N) is 4. The van der Waals surface area contributed by atoms with Gasteiger partial charge in [-0.2, -0.15) is 0 Å². The van der Waals surface area contributed by atoms with Crippen molar-refractivity contribution in [1.82, 2.24) is 0 Å². The van der Waals surface area contributed by atoms with Crippen LogP contribution in [0.25, 0.3) is 38.6 Å². The van der Waals surface area contributed by atoms with E-state index in [1.165, 1.54) is 112 Å². The summed E-state index contributed by atoms with van der Waals surface area (Å²) in [6.45, 7) is 25.2.